The number of hydrogen-bond acceptors (Lipinski definition) is 3. The molecule has 116 valence electrons. The zero-order valence-electron chi connectivity index (χ0n) is 12.6. The predicted octanol–water partition coefficient (Wildman–Crippen LogP) is 2.83. The van der Waals surface area contributed by atoms with Gasteiger partial charge in [-0.05, 0) is 35.1 Å². The highest BCUT2D eigenvalue weighted by Gasteiger charge is 2.29. The smallest absolute Gasteiger partial charge is 0.251 e. The molecule has 0 aliphatic rings. The maximum Gasteiger partial charge on any atom is 0.251 e. The van der Waals surface area contributed by atoms with Crippen LogP contribution in [0.2, 0.25) is 0 Å². The second-order valence-electron chi connectivity index (χ2n) is 5.60. The fourth-order valence-electron chi connectivity index (χ4n) is 1.70. The average Bonchev–Trinajstić information content (AvgIpc) is 2.35. The van der Waals surface area contributed by atoms with Crippen molar-refractivity contribution in [2.45, 2.75) is 27.7 Å². The average molecular weight is 408 g/mol. The summed E-state index contributed by atoms with van der Waals surface area (Å²) in [4.78, 5) is 23.8. The molecule has 3 N–H and O–H groups in total. The van der Waals surface area contributed by atoms with Gasteiger partial charge in [0.2, 0.25) is 5.91 Å². The lowest BCUT2D eigenvalue weighted by atomic mass is 9.95. The quantitative estimate of drug-likeness (QED) is 0.755. The van der Waals surface area contributed by atoms with E-state index in [1.54, 1.807) is 50.3 Å². The molecule has 0 radical (unpaired) electrons. The van der Waals surface area contributed by atoms with Crippen molar-refractivity contribution in [3.8, 4) is 5.75 Å². The molecule has 0 fully saturated rings. The molecule has 0 aliphatic heterocycles. The van der Waals surface area contributed by atoms with Crippen molar-refractivity contribution < 1.29 is 18.7 Å². The van der Waals surface area contributed by atoms with Crippen molar-refractivity contribution in [3.05, 3.63) is 20.5 Å². The molecule has 1 aromatic rings. The van der Waals surface area contributed by atoms with Crippen LogP contribution in [0.1, 0.15) is 36.7 Å². The molecule has 0 saturated carbocycles. The van der Waals surface area contributed by atoms with Crippen LogP contribution in [-0.4, -0.2) is 18.9 Å². The van der Waals surface area contributed by atoms with E-state index in [0.29, 0.717) is 5.56 Å². The summed E-state index contributed by atoms with van der Waals surface area (Å²) in [5.74, 6) is -1.96. The number of carbonyl (C=O) groups excluding carboxylic acids is 2. The van der Waals surface area contributed by atoms with E-state index >= 15 is 0 Å². The minimum absolute atomic E-state index is 0.0275. The molecule has 0 aliphatic carbocycles. The van der Waals surface area contributed by atoms with Gasteiger partial charge < -0.3 is 15.8 Å². The number of carbonyl (C=O) groups is 2. The molecule has 7 heteroatoms. The third-order valence-electron chi connectivity index (χ3n) is 2.94. The molecule has 21 heavy (non-hydrogen) atoms. The van der Waals surface area contributed by atoms with Gasteiger partial charge in [0.25, 0.3) is 5.91 Å². The van der Waals surface area contributed by atoms with E-state index in [4.69, 9.17) is 10.5 Å². The third kappa shape index (κ3) is 3.45. The minimum Gasteiger partial charge on any atom is -0.492 e. The summed E-state index contributed by atoms with van der Waals surface area (Å²) < 4.78 is 19.5. The molecule has 0 saturated heterocycles. The number of nitrogens with one attached hydrogen (secondary N) is 1. The number of ether oxygens (including phenoxy) is 1. The minimum atomic E-state index is -0.757. The first kappa shape index (κ1) is 17.7. The van der Waals surface area contributed by atoms with Crippen LogP contribution in [0.5, 0.6) is 5.75 Å². The predicted molar refractivity (Wildman–Crippen MR) is 87.0 cm³/mol. The molecule has 1 rings (SSSR count). The van der Waals surface area contributed by atoms with Crippen molar-refractivity contribution in [2.24, 2.45) is 11.1 Å². The number of anilines is 1. The van der Waals surface area contributed by atoms with Gasteiger partial charge in [0.15, 0.2) is 11.6 Å². The summed E-state index contributed by atoms with van der Waals surface area (Å²) in [6.07, 6.45) is 0. The molecule has 0 aromatic heterocycles. The van der Waals surface area contributed by atoms with Gasteiger partial charge in [-0.2, -0.15) is 0 Å². The fourth-order valence-corrected chi connectivity index (χ4v) is 2.22. The summed E-state index contributed by atoms with van der Waals surface area (Å²) >= 11 is 1.77. The lowest BCUT2D eigenvalue weighted by Gasteiger charge is -2.22. The number of nitrogens with two attached hydrogens (primary N) is 1. The Kier molecular flexibility index (Phi) is 5.19. The van der Waals surface area contributed by atoms with Crippen LogP contribution in [0, 0.1) is 21.7 Å². The maximum atomic E-state index is 14.3. The van der Waals surface area contributed by atoms with E-state index in [9.17, 15) is 14.0 Å². The Morgan fingerprint density at radius 1 is 1.33 bits per heavy atom. The molecule has 0 heterocycles. The zero-order valence-corrected chi connectivity index (χ0v) is 14.7. The Balaban J connectivity index is 3.62. The lowest BCUT2D eigenvalue weighted by molar-refractivity contribution is -0.123. The maximum absolute atomic E-state index is 14.3. The number of primary amides is 1. The van der Waals surface area contributed by atoms with Crippen LogP contribution in [0.15, 0.2) is 0 Å². The van der Waals surface area contributed by atoms with Gasteiger partial charge in [-0.3, -0.25) is 9.59 Å². The molecule has 0 atom stereocenters. The first-order valence-electron chi connectivity index (χ1n) is 6.19. The van der Waals surface area contributed by atoms with Crippen molar-refractivity contribution in [3.63, 3.8) is 0 Å². The van der Waals surface area contributed by atoms with Crippen molar-refractivity contribution in [2.75, 3.05) is 12.4 Å². The van der Waals surface area contributed by atoms with Crippen LogP contribution in [0.25, 0.3) is 0 Å². The summed E-state index contributed by atoms with van der Waals surface area (Å²) in [6.45, 7) is 6.68. The molecule has 0 spiro atoms. The Labute approximate surface area is 136 Å². The topological polar surface area (TPSA) is 81.4 Å². The molecular weight excluding hydrogens is 390 g/mol. The van der Waals surface area contributed by atoms with Crippen LogP contribution in [0.3, 0.4) is 0 Å². The monoisotopic (exact) mass is 408 g/mol. The van der Waals surface area contributed by atoms with Gasteiger partial charge >= 0.3 is 0 Å². The van der Waals surface area contributed by atoms with E-state index in [0.717, 1.165) is 0 Å². The molecule has 2 amide bonds. The number of halogens is 2. The van der Waals surface area contributed by atoms with Gasteiger partial charge in [0, 0.05) is 5.41 Å². The van der Waals surface area contributed by atoms with E-state index in [1.807, 2.05) is 0 Å². The van der Waals surface area contributed by atoms with Crippen LogP contribution >= 0.6 is 22.6 Å². The molecule has 0 bridgehead atoms. The molecular formula is C14H18FIN2O3. The first-order chi connectivity index (χ1) is 9.52. The summed E-state index contributed by atoms with van der Waals surface area (Å²) in [5.41, 5.74) is 5.05. The van der Waals surface area contributed by atoms with Crippen LogP contribution < -0.4 is 15.8 Å². The molecule has 1 aromatic carbocycles. The second kappa shape index (κ2) is 6.17. The Morgan fingerprint density at radius 3 is 2.24 bits per heavy atom. The highest BCUT2D eigenvalue weighted by atomic mass is 127. The first-order valence-corrected chi connectivity index (χ1v) is 7.27. The Morgan fingerprint density at radius 2 is 1.86 bits per heavy atom. The van der Waals surface area contributed by atoms with Crippen LogP contribution in [0.4, 0.5) is 10.1 Å². The second-order valence-corrected chi connectivity index (χ2v) is 6.68. The van der Waals surface area contributed by atoms with Gasteiger partial charge in [-0.15, -0.1) is 0 Å². The largest absolute Gasteiger partial charge is 0.492 e. The van der Waals surface area contributed by atoms with Gasteiger partial charge in [0.05, 0.1) is 21.9 Å². The molecule has 5 nitrogen and oxygen atoms in total. The molecule has 0 unspecified atom stereocenters. The van der Waals surface area contributed by atoms with Crippen molar-refractivity contribution >= 4 is 40.1 Å². The highest BCUT2D eigenvalue weighted by Crippen LogP contribution is 2.38. The number of amides is 2. The third-order valence-corrected chi connectivity index (χ3v) is 4.23. The number of benzene rings is 1. The van der Waals surface area contributed by atoms with E-state index in [2.05, 4.69) is 5.32 Å². The summed E-state index contributed by atoms with van der Waals surface area (Å²) in [7, 11) is 1.27. The van der Waals surface area contributed by atoms with Crippen molar-refractivity contribution in [1.29, 1.82) is 0 Å². The van der Waals surface area contributed by atoms with E-state index < -0.39 is 17.1 Å². The zero-order chi connectivity index (χ0) is 16.5. The number of hydrogen-bond donors (Lipinski definition) is 2. The Bertz CT molecular complexity index is 609. The standard InChI is InChI=1S/C14H18FIN2O3/c1-6-7(12(17)19)10(18-13(20)14(2,3)4)11(21-5)8(15)9(6)16/h1-5H3,(H2,17,19)(H,18,20). The van der Waals surface area contributed by atoms with Crippen molar-refractivity contribution in [1.82, 2.24) is 0 Å². The number of methoxy groups -OCH3 is 1. The highest BCUT2D eigenvalue weighted by molar-refractivity contribution is 14.1. The SMILES string of the molecule is COc1c(F)c(I)c(C)c(C(N)=O)c1NC(=O)C(C)(C)C. The normalized spacial score (nSPS) is 11.2. The Hall–Kier alpha value is -1.38. The van der Waals surface area contributed by atoms with Gasteiger partial charge in [-0.1, -0.05) is 20.8 Å². The van der Waals surface area contributed by atoms with Gasteiger partial charge in [-0.25, -0.2) is 4.39 Å². The van der Waals surface area contributed by atoms with E-state index in [-0.39, 0.29) is 26.5 Å². The summed E-state index contributed by atoms with van der Waals surface area (Å²) in [6, 6.07) is 0. The van der Waals surface area contributed by atoms with Gasteiger partial charge in [0.1, 0.15) is 0 Å². The lowest BCUT2D eigenvalue weighted by Crippen LogP contribution is -2.30. The van der Waals surface area contributed by atoms with E-state index in [1.165, 1.54) is 7.11 Å². The summed E-state index contributed by atoms with van der Waals surface area (Å²) in [5, 5.41) is 2.55. The van der Waals surface area contributed by atoms with Crippen LogP contribution in [-0.2, 0) is 4.79 Å². The number of rotatable bonds is 3. The fraction of sp³-hybridized carbons (Fsp3) is 0.429.